The highest BCUT2D eigenvalue weighted by atomic mass is 16.2. The van der Waals surface area contributed by atoms with Crippen molar-refractivity contribution >= 4 is 29.2 Å². The molecule has 0 atom stereocenters. The van der Waals surface area contributed by atoms with Crippen LogP contribution >= 0.6 is 0 Å². The summed E-state index contributed by atoms with van der Waals surface area (Å²) in [4.78, 5) is 35.0. The van der Waals surface area contributed by atoms with Gasteiger partial charge in [-0.1, -0.05) is 18.2 Å². The van der Waals surface area contributed by atoms with E-state index in [0.717, 1.165) is 24.1 Å². The number of benzene rings is 2. The van der Waals surface area contributed by atoms with E-state index in [-0.39, 0.29) is 17.7 Å². The Kier molecular flexibility index (Phi) is 5.17. The Bertz CT molecular complexity index is 846. The van der Waals surface area contributed by atoms with Gasteiger partial charge < -0.3 is 21.7 Å². The predicted octanol–water partition coefficient (Wildman–Crippen LogP) is 2.46. The molecule has 7 nitrogen and oxygen atoms in total. The van der Waals surface area contributed by atoms with Gasteiger partial charge in [0.15, 0.2) is 0 Å². The summed E-state index contributed by atoms with van der Waals surface area (Å²) in [6.07, 6.45) is 1.90. The summed E-state index contributed by atoms with van der Waals surface area (Å²) in [6, 6.07) is 13.2. The molecular weight excluding hydrogens is 332 g/mol. The largest absolute Gasteiger partial charge is 0.351 e. The van der Waals surface area contributed by atoms with Gasteiger partial charge in [0.05, 0.1) is 0 Å². The summed E-state index contributed by atoms with van der Waals surface area (Å²) in [6.45, 7) is 0.319. The second-order valence-electron chi connectivity index (χ2n) is 6.22. The molecule has 1 saturated carbocycles. The molecule has 7 heteroatoms. The summed E-state index contributed by atoms with van der Waals surface area (Å²) in [5.74, 6) is -0.0878. The molecule has 0 aromatic heterocycles. The Morgan fingerprint density at radius 3 is 2.35 bits per heavy atom. The SMILES string of the molecule is NC(=O)Nc1cccc(C(=O)NCc2cccc(NC(=O)C3CC3)c2)c1. The van der Waals surface area contributed by atoms with Gasteiger partial charge >= 0.3 is 6.03 Å². The van der Waals surface area contributed by atoms with Crippen molar-refractivity contribution in [2.45, 2.75) is 19.4 Å². The predicted molar refractivity (Wildman–Crippen MR) is 98.6 cm³/mol. The third-order valence-corrected chi connectivity index (χ3v) is 3.99. The normalized spacial score (nSPS) is 12.9. The Morgan fingerprint density at radius 2 is 1.65 bits per heavy atom. The van der Waals surface area contributed by atoms with Gasteiger partial charge in [-0.3, -0.25) is 9.59 Å². The Morgan fingerprint density at radius 1 is 0.962 bits per heavy atom. The van der Waals surface area contributed by atoms with Crippen molar-refractivity contribution in [1.29, 1.82) is 0 Å². The van der Waals surface area contributed by atoms with Crippen LogP contribution in [0.25, 0.3) is 0 Å². The monoisotopic (exact) mass is 352 g/mol. The minimum Gasteiger partial charge on any atom is -0.351 e. The van der Waals surface area contributed by atoms with Crippen LogP contribution in [0.4, 0.5) is 16.2 Å². The number of hydrogen-bond acceptors (Lipinski definition) is 3. The van der Waals surface area contributed by atoms with E-state index >= 15 is 0 Å². The molecule has 5 N–H and O–H groups in total. The molecule has 0 bridgehead atoms. The second kappa shape index (κ2) is 7.69. The number of nitrogens with one attached hydrogen (secondary N) is 3. The topological polar surface area (TPSA) is 113 Å². The van der Waals surface area contributed by atoms with Crippen molar-refractivity contribution in [2.24, 2.45) is 11.7 Å². The molecule has 2 aromatic carbocycles. The van der Waals surface area contributed by atoms with Crippen LogP contribution in [-0.2, 0) is 11.3 Å². The molecular formula is C19H20N4O3. The van der Waals surface area contributed by atoms with Crippen LogP contribution in [0, 0.1) is 5.92 Å². The molecule has 134 valence electrons. The highest BCUT2D eigenvalue weighted by Gasteiger charge is 2.29. The maximum atomic E-state index is 12.3. The zero-order valence-corrected chi connectivity index (χ0v) is 14.1. The van der Waals surface area contributed by atoms with Gasteiger partial charge in [0, 0.05) is 29.4 Å². The molecule has 1 aliphatic rings. The molecule has 0 heterocycles. The molecule has 2 aromatic rings. The second-order valence-corrected chi connectivity index (χ2v) is 6.22. The first-order valence-electron chi connectivity index (χ1n) is 8.36. The van der Waals surface area contributed by atoms with Gasteiger partial charge in [0.2, 0.25) is 5.91 Å². The van der Waals surface area contributed by atoms with Crippen molar-refractivity contribution in [3.63, 3.8) is 0 Å². The van der Waals surface area contributed by atoms with Crippen LogP contribution in [0.3, 0.4) is 0 Å². The smallest absolute Gasteiger partial charge is 0.316 e. The first-order chi connectivity index (χ1) is 12.5. The van der Waals surface area contributed by atoms with Gasteiger partial charge in [0.1, 0.15) is 0 Å². The fraction of sp³-hybridized carbons (Fsp3) is 0.211. The first kappa shape index (κ1) is 17.5. The highest BCUT2D eigenvalue weighted by Crippen LogP contribution is 2.30. The van der Waals surface area contributed by atoms with E-state index in [9.17, 15) is 14.4 Å². The van der Waals surface area contributed by atoms with E-state index in [0.29, 0.717) is 17.8 Å². The van der Waals surface area contributed by atoms with Crippen LogP contribution in [0.15, 0.2) is 48.5 Å². The molecule has 0 radical (unpaired) electrons. The van der Waals surface area contributed by atoms with Gasteiger partial charge in [0.25, 0.3) is 5.91 Å². The van der Waals surface area contributed by atoms with Gasteiger partial charge in [-0.2, -0.15) is 0 Å². The number of carbonyl (C=O) groups is 3. The molecule has 0 unspecified atom stereocenters. The fourth-order valence-corrected chi connectivity index (χ4v) is 2.51. The molecule has 4 amide bonds. The van der Waals surface area contributed by atoms with Crippen molar-refractivity contribution < 1.29 is 14.4 Å². The quantitative estimate of drug-likeness (QED) is 0.640. The van der Waals surface area contributed by atoms with Crippen LogP contribution in [-0.4, -0.2) is 17.8 Å². The maximum Gasteiger partial charge on any atom is 0.316 e. The maximum absolute atomic E-state index is 12.3. The Labute approximate surface area is 151 Å². The van der Waals surface area contributed by atoms with Gasteiger partial charge in [-0.15, -0.1) is 0 Å². The van der Waals surface area contributed by atoms with E-state index in [1.54, 1.807) is 24.3 Å². The molecule has 1 aliphatic carbocycles. The summed E-state index contributed by atoms with van der Waals surface area (Å²) < 4.78 is 0. The van der Waals surface area contributed by atoms with Crippen molar-refractivity contribution in [1.82, 2.24) is 5.32 Å². The number of nitrogens with two attached hydrogens (primary N) is 1. The van der Waals surface area contributed by atoms with Gasteiger partial charge in [-0.05, 0) is 48.7 Å². The lowest BCUT2D eigenvalue weighted by Gasteiger charge is -2.09. The van der Waals surface area contributed by atoms with Crippen LogP contribution < -0.4 is 21.7 Å². The number of amides is 4. The molecule has 3 rings (SSSR count). The molecule has 1 fully saturated rings. The van der Waals surface area contributed by atoms with Crippen LogP contribution in [0.1, 0.15) is 28.8 Å². The average molecular weight is 352 g/mol. The number of primary amides is 1. The third kappa shape index (κ3) is 4.83. The zero-order chi connectivity index (χ0) is 18.5. The average Bonchev–Trinajstić information content (AvgIpc) is 3.45. The lowest BCUT2D eigenvalue weighted by molar-refractivity contribution is -0.117. The van der Waals surface area contributed by atoms with E-state index in [2.05, 4.69) is 16.0 Å². The Balaban J connectivity index is 1.59. The number of urea groups is 1. The number of hydrogen-bond donors (Lipinski definition) is 4. The van der Waals surface area contributed by atoms with Crippen LogP contribution in [0.2, 0.25) is 0 Å². The first-order valence-corrected chi connectivity index (χ1v) is 8.36. The summed E-state index contributed by atoms with van der Waals surface area (Å²) >= 11 is 0. The fourth-order valence-electron chi connectivity index (χ4n) is 2.51. The molecule has 0 aliphatic heterocycles. The molecule has 0 spiro atoms. The zero-order valence-electron chi connectivity index (χ0n) is 14.1. The molecule has 26 heavy (non-hydrogen) atoms. The Hall–Kier alpha value is -3.35. The number of anilines is 2. The van der Waals surface area contributed by atoms with Crippen LogP contribution in [0.5, 0.6) is 0 Å². The van der Waals surface area contributed by atoms with Crippen molar-refractivity contribution in [3.05, 3.63) is 59.7 Å². The summed E-state index contributed by atoms with van der Waals surface area (Å²) in [5, 5.41) is 8.13. The van der Waals surface area contributed by atoms with Crippen molar-refractivity contribution in [3.8, 4) is 0 Å². The standard InChI is InChI=1S/C19H20N4O3/c20-19(26)23-16-6-2-4-14(10-16)17(24)21-11-12-3-1-5-15(9-12)22-18(25)13-7-8-13/h1-6,9-10,13H,7-8,11H2,(H,21,24)(H,22,25)(H3,20,23,26). The highest BCUT2D eigenvalue weighted by molar-refractivity contribution is 5.96. The van der Waals surface area contributed by atoms with E-state index in [1.165, 1.54) is 0 Å². The minimum absolute atomic E-state index is 0.0463. The number of carbonyl (C=O) groups excluding carboxylic acids is 3. The third-order valence-electron chi connectivity index (χ3n) is 3.99. The minimum atomic E-state index is -0.687. The van der Waals surface area contributed by atoms with E-state index in [1.807, 2.05) is 24.3 Å². The van der Waals surface area contributed by atoms with Gasteiger partial charge in [-0.25, -0.2) is 4.79 Å². The van der Waals surface area contributed by atoms with Crippen molar-refractivity contribution in [2.75, 3.05) is 10.6 Å². The summed E-state index contributed by atoms with van der Waals surface area (Å²) in [7, 11) is 0. The lowest BCUT2D eigenvalue weighted by Crippen LogP contribution is -2.23. The number of rotatable bonds is 6. The summed E-state index contributed by atoms with van der Waals surface area (Å²) in [5.41, 5.74) is 7.54. The van der Waals surface area contributed by atoms with E-state index in [4.69, 9.17) is 5.73 Å². The lowest BCUT2D eigenvalue weighted by atomic mass is 10.1. The van der Waals surface area contributed by atoms with E-state index < -0.39 is 6.03 Å². The molecule has 0 saturated heterocycles.